The number of rotatable bonds is 7. The molecule has 2 aliphatic heterocycles. The maximum atomic E-state index is 11.7. The molecule has 2 aromatic rings. The summed E-state index contributed by atoms with van der Waals surface area (Å²) in [4.78, 5) is 31.7. The van der Waals surface area contributed by atoms with Gasteiger partial charge in [-0.15, -0.1) is 0 Å². The zero-order valence-electron chi connectivity index (χ0n) is 21.6. The molecule has 2 saturated heterocycles. The molecular weight excluding hydrogens is 456 g/mol. The van der Waals surface area contributed by atoms with Gasteiger partial charge in [0, 0.05) is 71.0 Å². The monoisotopic (exact) mass is 494 g/mol. The van der Waals surface area contributed by atoms with Gasteiger partial charge >= 0.3 is 12.1 Å². The van der Waals surface area contributed by atoms with Crippen molar-refractivity contribution in [1.82, 2.24) is 19.6 Å². The second-order valence-electron chi connectivity index (χ2n) is 10.1. The topological polar surface area (TPSA) is 76.6 Å². The Balaban J connectivity index is 1.30. The Morgan fingerprint density at radius 3 is 2.00 bits per heavy atom. The Labute approximate surface area is 214 Å². The van der Waals surface area contributed by atoms with Gasteiger partial charge in [-0.05, 0) is 42.7 Å². The van der Waals surface area contributed by atoms with Crippen molar-refractivity contribution in [2.24, 2.45) is 0 Å². The number of ether oxygens (including phenoxy) is 1. The first-order valence-electron chi connectivity index (χ1n) is 12.8. The van der Waals surface area contributed by atoms with Gasteiger partial charge in [0.15, 0.2) is 0 Å². The van der Waals surface area contributed by atoms with Crippen LogP contribution in [0, 0.1) is 0 Å². The summed E-state index contributed by atoms with van der Waals surface area (Å²) in [5, 5.41) is 9.16. The third-order valence-electron chi connectivity index (χ3n) is 7.36. The second kappa shape index (κ2) is 11.9. The van der Waals surface area contributed by atoms with Crippen molar-refractivity contribution in [3.05, 3.63) is 70.8 Å². The molecule has 0 spiro atoms. The highest BCUT2D eigenvalue weighted by Gasteiger charge is 2.29. The van der Waals surface area contributed by atoms with E-state index in [0.29, 0.717) is 30.7 Å². The van der Waals surface area contributed by atoms with Gasteiger partial charge in [0.1, 0.15) is 0 Å². The maximum Gasteiger partial charge on any atom is 0.407 e. The molecule has 1 N–H and O–H groups in total. The van der Waals surface area contributed by atoms with E-state index < -0.39 is 6.09 Å². The minimum atomic E-state index is -0.823. The van der Waals surface area contributed by atoms with Crippen LogP contribution < -0.4 is 0 Å². The van der Waals surface area contributed by atoms with Gasteiger partial charge in [-0.2, -0.15) is 0 Å². The van der Waals surface area contributed by atoms with Crippen LogP contribution in [0.2, 0.25) is 0 Å². The number of amides is 1. The van der Waals surface area contributed by atoms with Gasteiger partial charge in [0.2, 0.25) is 0 Å². The van der Waals surface area contributed by atoms with Crippen molar-refractivity contribution < 1.29 is 19.4 Å². The average Bonchev–Trinajstić information content (AvgIpc) is 2.87. The molecule has 0 aromatic heterocycles. The van der Waals surface area contributed by atoms with E-state index in [1.165, 1.54) is 28.7 Å². The zero-order valence-corrected chi connectivity index (χ0v) is 21.6. The van der Waals surface area contributed by atoms with Crippen LogP contribution in [0.25, 0.3) is 0 Å². The van der Waals surface area contributed by atoms with Gasteiger partial charge in [0.05, 0.1) is 12.7 Å². The van der Waals surface area contributed by atoms with Crippen LogP contribution in [0.1, 0.15) is 40.9 Å². The third kappa shape index (κ3) is 6.63. The number of carbonyl (C=O) groups is 2. The van der Waals surface area contributed by atoms with E-state index in [0.717, 1.165) is 45.8 Å². The van der Waals surface area contributed by atoms with Gasteiger partial charge in [-0.3, -0.25) is 14.7 Å². The Kier molecular flexibility index (Phi) is 8.61. The summed E-state index contributed by atoms with van der Waals surface area (Å²) >= 11 is 0. The Hall–Kier alpha value is -2.94. The summed E-state index contributed by atoms with van der Waals surface area (Å²) in [6.07, 6.45) is -0.823. The molecule has 4 rings (SSSR count). The number of carbonyl (C=O) groups excluding carboxylic acids is 1. The summed E-state index contributed by atoms with van der Waals surface area (Å²) in [6.45, 7) is 11.9. The fourth-order valence-corrected chi connectivity index (χ4v) is 5.42. The highest BCUT2D eigenvalue weighted by molar-refractivity contribution is 5.89. The van der Waals surface area contributed by atoms with Crippen molar-refractivity contribution in [1.29, 1.82) is 0 Å². The van der Waals surface area contributed by atoms with Crippen molar-refractivity contribution in [2.75, 3.05) is 46.4 Å². The molecule has 0 radical (unpaired) electrons. The lowest BCUT2D eigenvalue weighted by atomic mass is 10.0. The summed E-state index contributed by atoms with van der Waals surface area (Å²) < 4.78 is 4.79. The minimum absolute atomic E-state index is 0.303. The number of nitrogens with zero attached hydrogens (tertiary/aromatic N) is 4. The molecule has 36 heavy (non-hydrogen) atoms. The normalized spacial score (nSPS) is 21.9. The van der Waals surface area contributed by atoms with Crippen molar-refractivity contribution in [3.8, 4) is 0 Å². The molecule has 2 aliphatic rings. The second-order valence-corrected chi connectivity index (χ2v) is 10.1. The van der Waals surface area contributed by atoms with Crippen LogP contribution in [0.15, 0.2) is 48.5 Å². The molecule has 1 amide bonds. The Morgan fingerprint density at radius 1 is 0.833 bits per heavy atom. The smallest absolute Gasteiger partial charge is 0.407 e. The van der Waals surface area contributed by atoms with Crippen molar-refractivity contribution in [3.63, 3.8) is 0 Å². The first-order chi connectivity index (χ1) is 17.3. The van der Waals surface area contributed by atoms with Crippen LogP contribution in [0.3, 0.4) is 0 Å². The van der Waals surface area contributed by atoms with Gasteiger partial charge in [-0.25, -0.2) is 9.59 Å². The van der Waals surface area contributed by atoms with Gasteiger partial charge < -0.3 is 14.7 Å². The van der Waals surface area contributed by atoms with Crippen molar-refractivity contribution in [2.45, 2.75) is 45.6 Å². The lowest BCUT2D eigenvalue weighted by Gasteiger charge is -2.44. The fourth-order valence-electron chi connectivity index (χ4n) is 5.42. The molecule has 194 valence electrons. The summed E-state index contributed by atoms with van der Waals surface area (Å²) in [5.74, 6) is -0.303. The predicted molar refractivity (Wildman–Crippen MR) is 139 cm³/mol. The predicted octanol–water partition coefficient (Wildman–Crippen LogP) is 3.36. The molecule has 0 saturated carbocycles. The number of esters is 1. The Morgan fingerprint density at radius 2 is 1.42 bits per heavy atom. The third-order valence-corrected chi connectivity index (χ3v) is 7.36. The number of benzene rings is 2. The van der Waals surface area contributed by atoms with Crippen LogP contribution in [-0.4, -0.2) is 95.2 Å². The summed E-state index contributed by atoms with van der Waals surface area (Å²) in [6, 6.07) is 17.4. The van der Waals surface area contributed by atoms with Crippen molar-refractivity contribution >= 4 is 12.1 Å². The lowest BCUT2D eigenvalue weighted by molar-refractivity contribution is 0.0290. The summed E-state index contributed by atoms with van der Waals surface area (Å²) in [5.41, 5.74) is 4.39. The number of carboxylic acid groups (broad SMARTS) is 1. The molecule has 0 unspecified atom stereocenters. The molecule has 2 fully saturated rings. The highest BCUT2D eigenvalue weighted by Crippen LogP contribution is 2.22. The van der Waals surface area contributed by atoms with E-state index in [4.69, 9.17) is 9.84 Å². The van der Waals surface area contributed by atoms with Crippen LogP contribution in [-0.2, 0) is 24.4 Å². The van der Waals surface area contributed by atoms with Crippen LogP contribution in [0.5, 0.6) is 0 Å². The number of methoxy groups -OCH3 is 1. The SMILES string of the molecule is COC(=O)c1ccc(CN2C[C@@H](C)N(Cc3cccc(CN4CCN(C(=O)O)CC4)c3)[C@@H](C)C2)cc1. The standard InChI is InChI=1S/C28H38N4O4/c1-21-16-30(18-23-7-9-26(10-8-23)27(33)36-3)17-22(2)32(21)20-25-6-4-5-24(15-25)19-29-11-13-31(14-12-29)28(34)35/h4-10,15,21-22H,11-14,16-20H2,1-3H3,(H,34,35)/t21-,22+. The fraction of sp³-hybridized carbons (Fsp3) is 0.500. The first-order valence-corrected chi connectivity index (χ1v) is 12.8. The van der Waals surface area contributed by atoms with E-state index in [1.54, 1.807) is 0 Å². The van der Waals surface area contributed by atoms with E-state index in [1.807, 2.05) is 24.3 Å². The molecule has 0 bridgehead atoms. The van der Waals surface area contributed by atoms with E-state index in [9.17, 15) is 9.59 Å². The molecule has 2 heterocycles. The highest BCUT2D eigenvalue weighted by atomic mass is 16.5. The molecule has 8 heteroatoms. The van der Waals surface area contributed by atoms with Crippen LogP contribution >= 0.6 is 0 Å². The number of hydrogen-bond acceptors (Lipinski definition) is 6. The molecule has 2 aromatic carbocycles. The maximum absolute atomic E-state index is 11.7. The molecule has 2 atom stereocenters. The number of hydrogen-bond donors (Lipinski definition) is 1. The largest absolute Gasteiger partial charge is 0.465 e. The average molecular weight is 495 g/mol. The van der Waals surface area contributed by atoms with Gasteiger partial charge in [-0.1, -0.05) is 36.4 Å². The number of piperazine rings is 2. The van der Waals surface area contributed by atoms with E-state index >= 15 is 0 Å². The zero-order chi connectivity index (χ0) is 25.7. The Bertz CT molecular complexity index is 1020. The molecule has 8 nitrogen and oxygen atoms in total. The molecular formula is C28H38N4O4. The minimum Gasteiger partial charge on any atom is -0.465 e. The molecule has 0 aliphatic carbocycles. The van der Waals surface area contributed by atoms with Gasteiger partial charge in [0.25, 0.3) is 0 Å². The van der Waals surface area contributed by atoms with E-state index in [-0.39, 0.29) is 5.97 Å². The first kappa shape index (κ1) is 26.1. The quantitative estimate of drug-likeness (QED) is 0.592. The van der Waals surface area contributed by atoms with E-state index in [2.05, 4.69) is 52.8 Å². The summed E-state index contributed by atoms with van der Waals surface area (Å²) in [7, 11) is 1.40. The lowest BCUT2D eigenvalue weighted by Crippen LogP contribution is -2.55. The van der Waals surface area contributed by atoms with Crippen LogP contribution in [0.4, 0.5) is 4.79 Å².